The maximum absolute atomic E-state index is 12.2. The fourth-order valence-corrected chi connectivity index (χ4v) is 4.29. The number of aromatic nitrogens is 2. The fraction of sp³-hybridized carbons (Fsp3) is 0.158. The highest BCUT2D eigenvalue weighted by Crippen LogP contribution is 2.42. The number of amides is 1. The van der Waals surface area contributed by atoms with Gasteiger partial charge in [-0.2, -0.15) is 5.10 Å². The van der Waals surface area contributed by atoms with Gasteiger partial charge in [0.2, 0.25) is 5.91 Å². The molecular weight excluding hydrogens is 370 g/mol. The van der Waals surface area contributed by atoms with Crippen molar-refractivity contribution in [2.75, 3.05) is 11.1 Å². The molecule has 0 unspecified atom stereocenters. The van der Waals surface area contributed by atoms with Gasteiger partial charge in [-0.15, -0.1) is 11.8 Å². The van der Waals surface area contributed by atoms with Crippen LogP contribution in [-0.2, 0) is 11.3 Å². The third kappa shape index (κ3) is 3.30. The number of phenols is 1. The van der Waals surface area contributed by atoms with Crippen LogP contribution in [0.4, 0.5) is 5.82 Å². The van der Waals surface area contributed by atoms with Gasteiger partial charge in [-0.3, -0.25) is 4.79 Å². The third-order valence-corrected chi connectivity index (χ3v) is 5.90. The molecule has 0 aliphatic carbocycles. The Morgan fingerprint density at radius 1 is 1.27 bits per heavy atom. The van der Waals surface area contributed by atoms with E-state index in [4.69, 9.17) is 11.6 Å². The second-order valence-electron chi connectivity index (χ2n) is 6.03. The SMILES string of the molecule is O=C1CS[C@@H](c2cccc(O)c2)c2cnn(Cc3ccccc3Cl)c2N1. The summed E-state index contributed by atoms with van der Waals surface area (Å²) in [5, 5.41) is 17.8. The van der Waals surface area contributed by atoms with Crippen LogP contribution in [-0.4, -0.2) is 26.5 Å². The number of carbonyl (C=O) groups excluding carboxylic acids is 1. The number of hydrogen-bond donors (Lipinski definition) is 2. The van der Waals surface area contributed by atoms with Gasteiger partial charge < -0.3 is 10.4 Å². The number of aromatic hydroxyl groups is 1. The largest absolute Gasteiger partial charge is 0.508 e. The average Bonchev–Trinajstić information content (AvgIpc) is 2.91. The highest BCUT2D eigenvalue weighted by atomic mass is 35.5. The van der Waals surface area contributed by atoms with Crippen LogP contribution < -0.4 is 5.32 Å². The summed E-state index contributed by atoms with van der Waals surface area (Å²) >= 11 is 7.78. The molecule has 0 spiro atoms. The van der Waals surface area contributed by atoms with Crippen LogP contribution in [0.2, 0.25) is 5.02 Å². The molecule has 0 radical (unpaired) electrons. The van der Waals surface area contributed by atoms with Gasteiger partial charge in [0.15, 0.2) is 0 Å². The number of anilines is 1. The first-order chi connectivity index (χ1) is 12.6. The van der Waals surface area contributed by atoms with Crippen LogP contribution in [0.1, 0.15) is 21.9 Å². The van der Waals surface area contributed by atoms with E-state index in [1.807, 2.05) is 30.3 Å². The summed E-state index contributed by atoms with van der Waals surface area (Å²) in [6, 6.07) is 14.7. The Morgan fingerprint density at radius 3 is 2.92 bits per heavy atom. The Morgan fingerprint density at radius 2 is 2.12 bits per heavy atom. The van der Waals surface area contributed by atoms with E-state index in [-0.39, 0.29) is 16.9 Å². The number of halogens is 1. The molecule has 2 N–H and O–H groups in total. The van der Waals surface area contributed by atoms with Crippen LogP contribution in [0.3, 0.4) is 0 Å². The number of carbonyl (C=O) groups is 1. The first-order valence-electron chi connectivity index (χ1n) is 8.11. The molecule has 26 heavy (non-hydrogen) atoms. The number of nitrogens with zero attached hydrogens (tertiary/aromatic N) is 2. The minimum atomic E-state index is -0.0870. The predicted octanol–water partition coefficient (Wildman–Crippen LogP) is 4.07. The molecule has 1 atom stereocenters. The van der Waals surface area contributed by atoms with Crippen molar-refractivity contribution in [3.63, 3.8) is 0 Å². The maximum Gasteiger partial charge on any atom is 0.235 e. The van der Waals surface area contributed by atoms with Crippen molar-refractivity contribution in [2.24, 2.45) is 0 Å². The summed E-state index contributed by atoms with van der Waals surface area (Å²) in [7, 11) is 0. The van der Waals surface area contributed by atoms with Crippen molar-refractivity contribution < 1.29 is 9.90 Å². The number of benzene rings is 2. The van der Waals surface area contributed by atoms with Gasteiger partial charge in [0.1, 0.15) is 11.6 Å². The van der Waals surface area contributed by atoms with Gasteiger partial charge >= 0.3 is 0 Å². The fourth-order valence-electron chi connectivity index (χ4n) is 3.02. The number of hydrogen-bond acceptors (Lipinski definition) is 4. The summed E-state index contributed by atoms with van der Waals surface area (Å²) in [6.07, 6.45) is 1.78. The second-order valence-corrected chi connectivity index (χ2v) is 7.53. The molecule has 0 saturated carbocycles. The van der Waals surface area contributed by atoms with Gasteiger partial charge in [0.05, 0.1) is 23.7 Å². The molecule has 3 aromatic rings. The molecule has 0 saturated heterocycles. The van der Waals surface area contributed by atoms with Crippen LogP contribution >= 0.6 is 23.4 Å². The van der Waals surface area contributed by atoms with Crippen LogP contribution in [0.5, 0.6) is 5.75 Å². The first-order valence-corrected chi connectivity index (χ1v) is 9.54. The van der Waals surface area contributed by atoms with E-state index in [1.165, 1.54) is 11.8 Å². The molecule has 132 valence electrons. The van der Waals surface area contributed by atoms with E-state index in [0.717, 1.165) is 16.7 Å². The third-order valence-electron chi connectivity index (χ3n) is 4.24. The Labute approximate surface area is 160 Å². The zero-order valence-electron chi connectivity index (χ0n) is 13.7. The number of phenolic OH excluding ortho intramolecular Hbond substituents is 1. The van der Waals surface area contributed by atoms with Gasteiger partial charge in [-0.05, 0) is 29.3 Å². The van der Waals surface area contributed by atoms with E-state index in [1.54, 1.807) is 29.1 Å². The molecule has 7 heteroatoms. The van der Waals surface area contributed by atoms with E-state index in [0.29, 0.717) is 23.1 Å². The second kappa shape index (κ2) is 7.05. The van der Waals surface area contributed by atoms with Crippen molar-refractivity contribution in [3.05, 3.63) is 76.4 Å². The molecule has 2 heterocycles. The van der Waals surface area contributed by atoms with E-state index in [2.05, 4.69) is 10.4 Å². The Hall–Kier alpha value is -2.44. The van der Waals surface area contributed by atoms with Gasteiger partial charge in [0, 0.05) is 10.6 Å². The van der Waals surface area contributed by atoms with Crippen LogP contribution in [0.15, 0.2) is 54.7 Å². The predicted molar refractivity (Wildman–Crippen MR) is 104 cm³/mol. The summed E-state index contributed by atoms with van der Waals surface area (Å²) in [4.78, 5) is 12.2. The van der Waals surface area contributed by atoms with E-state index < -0.39 is 0 Å². The zero-order valence-corrected chi connectivity index (χ0v) is 15.3. The van der Waals surface area contributed by atoms with E-state index in [9.17, 15) is 9.90 Å². The topological polar surface area (TPSA) is 67.1 Å². The lowest BCUT2D eigenvalue weighted by atomic mass is 10.1. The molecule has 0 fully saturated rings. The Balaban J connectivity index is 1.75. The standard InChI is InChI=1S/C19H16ClN3O2S/c20-16-7-2-1-4-13(16)10-23-19-15(9-21-23)18(26-11-17(25)22-19)12-5-3-6-14(24)8-12/h1-9,18,24H,10-11H2,(H,22,25)/t18-/m0/s1. The molecule has 1 aliphatic heterocycles. The lowest BCUT2D eigenvalue weighted by Gasteiger charge is -2.14. The number of rotatable bonds is 3. The number of fused-ring (bicyclic) bond motifs is 1. The average molecular weight is 386 g/mol. The molecule has 5 nitrogen and oxygen atoms in total. The zero-order chi connectivity index (χ0) is 18.1. The van der Waals surface area contributed by atoms with Gasteiger partial charge in [-0.25, -0.2) is 4.68 Å². The molecule has 4 rings (SSSR count). The van der Waals surface area contributed by atoms with Crippen molar-refractivity contribution in [2.45, 2.75) is 11.8 Å². The monoisotopic (exact) mass is 385 g/mol. The van der Waals surface area contributed by atoms with Crippen LogP contribution in [0, 0.1) is 0 Å². The van der Waals surface area contributed by atoms with Crippen molar-refractivity contribution in [3.8, 4) is 5.75 Å². The maximum atomic E-state index is 12.2. The molecule has 2 aromatic carbocycles. The molecule has 0 bridgehead atoms. The minimum Gasteiger partial charge on any atom is -0.508 e. The molecular formula is C19H16ClN3O2S. The highest BCUT2D eigenvalue weighted by Gasteiger charge is 2.28. The Kier molecular flexibility index (Phi) is 4.61. The summed E-state index contributed by atoms with van der Waals surface area (Å²) in [6.45, 7) is 0.465. The van der Waals surface area contributed by atoms with Gasteiger partial charge in [0.25, 0.3) is 0 Å². The summed E-state index contributed by atoms with van der Waals surface area (Å²) < 4.78 is 1.76. The lowest BCUT2D eigenvalue weighted by Crippen LogP contribution is -2.17. The number of thioether (sulfide) groups is 1. The van der Waals surface area contributed by atoms with Crippen LogP contribution in [0.25, 0.3) is 0 Å². The van der Waals surface area contributed by atoms with Crippen molar-refractivity contribution in [1.29, 1.82) is 0 Å². The Bertz CT molecular complexity index is 973. The molecule has 1 aromatic heterocycles. The minimum absolute atomic E-state index is 0.0696. The van der Waals surface area contributed by atoms with Gasteiger partial charge in [-0.1, -0.05) is 41.9 Å². The molecule has 1 amide bonds. The van der Waals surface area contributed by atoms with Crippen molar-refractivity contribution in [1.82, 2.24) is 9.78 Å². The smallest absolute Gasteiger partial charge is 0.235 e. The summed E-state index contributed by atoms with van der Waals surface area (Å²) in [5.74, 6) is 1.14. The molecule has 1 aliphatic rings. The van der Waals surface area contributed by atoms with Crippen molar-refractivity contribution >= 4 is 35.1 Å². The van der Waals surface area contributed by atoms with E-state index >= 15 is 0 Å². The lowest BCUT2D eigenvalue weighted by molar-refractivity contribution is -0.113. The normalized spacial score (nSPS) is 16.7. The number of nitrogens with one attached hydrogen (secondary N) is 1. The summed E-state index contributed by atoms with van der Waals surface area (Å²) in [5.41, 5.74) is 2.78. The quantitative estimate of drug-likeness (QED) is 0.713. The highest BCUT2D eigenvalue weighted by molar-refractivity contribution is 8.00. The first kappa shape index (κ1) is 17.0.